The van der Waals surface area contributed by atoms with Crippen LogP contribution < -0.4 is 56.5 Å². The summed E-state index contributed by atoms with van der Waals surface area (Å²) in [7, 11) is 0. The molecule has 11 heavy (non-hydrogen) atoms. The fourth-order valence-corrected chi connectivity index (χ4v) is 2.20. The summed E-state index contributed by atoms with van der Waals surface area (Å²) in [5.41, 5.74) is 0. The maximum Gasteiger partial charge on any atom is 1.00 e. The first-order valence-electron chi connectivity index (χ1n) is 2.43. The van der Waals surface area contributed by atoms with E-state index in [0.29, 0.717) is 14.0 Å². The topological polar surface area (TPSA) is 23.1 Å². The van der Waals surface area contributed by atoms with Crippen LogP contribution in [0.2, 0.25) is 5.02 Å². The first kappa shape index (κ1) is 12.9. The SMILES string of the molecule is [K+].[O-]c1c(Br)cc(Cl)cc1Br. The summed E-state index contributed by atoms with van der Waals surface area (Å²) in [4.78, 5) is 0. The quantitative estimate of drug-likeness (QED) is 0.614. The average molecular weight is 324 g/mol. The van der Waals surface area contributed by atoms with Crippen LogP contribution in [0.5, 0.6) is 5.75 Å². The molecule has 0 N–H and O–H groups in total. The van der Waals surface area contributed by atoms with Crippen LogP contribution in [-0.2, 0) is 0 Å². The largest absolute Gasteiger partial charge is 1.00 e. The summed E-state index contributed by atoms with van der Waals surface area (Å²) in [5, 5.41) is 11.5. The van der Waals surface area contributed by atoms with Gasteiger partial charge in [-0.1, -0.05) is 49.2 Å². The van der Waals surface area contributed by atoms with Gasteiger partial charge in [-0.3, -0.25) is 0 Å². The smallest absolute Gasteiger partial charge is 0.871 e. The summed E-state index contributed by atoms with van der Waals surface area (Å²) in [5.74, 6) is -0.0793. The first-order valence-corrected chi connectivity index (χ1v) is 4.39. The minimum Gasteiger partial charge on any atom is -0.871 e. The summed E-state index contributed by atoms with van der Waals surface area (Å²) < 4.78 is 0.957. The number of hydrogen-bond donors (Lipinski definition) is 0. The van der Waals surface area contributed by atoms with Crippen molar-refractivity contribution in [2.45, 2.75) is 0 Å². The molecule has 0 spiro atoms. The van der Waals surface area contributed by atoms with E-state index in [1.807, 2.05) is 0 Å². The van der Waals surface area contributed by atoms with Crippen molar-refractivity contribution < 1.29 is 56.5 Å². The van der Waals surface area contributed by atoms with Gasteiger partial charge in [-0.25, -0.2) is 0 Å². The molecule has 0 aliphatic heterocycles. The predicted octanol–water partition coefficient (Wildman–Crippen LogP) is -0.0574. The Hall–Kier alpha value is 1.91. The Labute approximate surface area is 129 Å². The summed E-state index contributed by atoms with van der Waals surface area (Å²) in [6.07, 6.45) is 0. The minimum atomic E-state index is -0.0793. The molecule has 0 radical (unpaired) electrons. The minimum absolute atomic E-state index is 0. The molecular weight excluding hydrogens is 322 g/mol. The summed E-state index contributed by atoms with van der Waals surface area (Å²) >= 11 is 11.8. The second-order valence-corrected chi connectivity index (χ2v) is 3.84. The molecule has 0 atom stereocenters. The molecule has 5 heteroatoms. The summed E-state index contributed by atoms with van der Waals surface area (Å²) in [6, 6.07) is 3.13. The van der Waals surface area contributed by atoms with Gasteiger partial charge in [0, 0.05) is 14.0 Å². The van der Waals surface area contributed by atoms with Crippen LogP contribution in [0.15, 0.2) is 21.1 Å². The Morgan fingerprint density at radius 3 is 1.91 bits per heavy atom. The van der Waals surface area contributed by atoms with Crippen molar-refractivity contribution in [3.63, 3.8) is 0 Å². The third kappa shape index (κ3) is 3.64. The fourth-order valence-electron chi connectivity index (χ4n) is 0.529. The summed E-state index contributed by atoms with van der Waals surface area (Å²) in [6.45, 7) is 0. The molecule has 1 aromatic carbocycles. The van der Waals surface area contributed by atoms with Crippen LogP contribution in [0.25, 0.3) is 0 Å². The van der Waals surface area contributed by atoms with E-state index in [0.717, 1.165) is 0 Å². The van der Waals surface area contributed by atoms with E-state index in [-0.39, 0.29) is 57.1 Å². The molecule has 0 amide bonds. The molecule has 1 aromatic rings. The van der Waals surface area contributed by atoms with Gasteiger partial charge in [0.15, 0.2) is 0 Å². The number of halogens is 3. The Bertz CT molecular complexity index is 244. The van der Waals surface area contributed by atoms with Gasteiger partial charge in [-0.15, -0.1) is 0 Å². The fraction of sp³-hybridized carbons (Fsp3) is 0. The van der Waals surface area contributed by atoms with Crippen molar-refractivity contribution >= 4 is 43.5 Å². The maximum atomic E-state index is 11.0. The van der Waals surface area contributed by atoms with Gasteiger partial charge < -0.3 is 5.11 Å². The maximum absolute atomic E-state index is 11.0. The third-order valence-electron chi connectivity index (χ3n) is 0.963. The van der Waals surface area contributed by atoms with E-state index in [9.17, 15) is 5.11 Å². The van der Waals surface area contributed by atoms with Gasteiger partial charge in [0.25, 0.3) is 0 Å². The number of benzene rings is 1. The zero-order valence-electron chi connectivity index (χ0n) is 5.70. The van der Waals surface area contributed by atoms with Crippen molar-refractivity contribution in [2.75, 3.05) is 0 Å². The second kappa shape index (κ2) is 5.60. The predicted molar refractivity (Wildman–Crippen MR) is 46.3 cm³/mol. The molecule has 1 nitrogen and oxygen atoms in total. The van der Waals surface area contributed by atoms with E-state index in [1.54, 1.807) is 12.1 Å². The van der Waals surface area contributed by atoms with Gasteiger partial charge in [0.2, 0.25) is 0 Å². The molecule has 0 fully saturated rings. The average Bonchev–Trinajstić information content (AvgIpc) is 1.82. The zero-order valence-corrected chi connectivity index (χ0v) is 12.7. The molecule has 0 saturated carbocycles. The van der Waals surface area contributed by atoms with Gasteiger partial charge in [-0.2, -0.15) is 0 Å². The number of rotatable bonds is 0. The van der Waals surface area contributed by atoms with Crippen LogP contribution >= 0.6 is 43.5 Å². The Kier molecular flexibility index (Phi) is 6.57. The van der Waals surface area contributed by atoms with Crippen molar-refractivity contribution in [1.29, 1.82) is 0 Å². The van der Waals surface area contributed by atoms with E-state index < -0.39 is 0 Å². The first-order chi connectivity index (χ1) is 4.61. The normalized spacial score (nSPS) is 9.00. The Morgan fingerprint density at radius 1 is 1.18 bits per heavy atom. The van der Waals surface area contributed by atoms with Crippen molar-refractivity contribution in [1.82, 2.24) is 0 Å². The van der Waals surface area contributed by atoms with Crippen molar-refractivity contribution in [2.24, 2.45) is 0 Å². The van der Waals surface area contributed by atoms with Gasteiger partial charge in [-0.05, 0) is 12.1 Å². The van der Waals surface area contributed by atoms with Crippen LogP contribution in [0.3, 0.4) is 0 Å². The molecule has 0 saturated heterocycles. The second-order valence-electron chi connectivity index (χ2n) is 1.70. The molecule has 1 rings (SSSR count). The zero-order chi connectivity index (χ0) is 7.72. The van der Waals surface area contributed by atoms with Crippen LogP contribution in [0.1, 0.15) is 0 Å². The van der Waals surface area contributed by atoms with Crippen LogP contribution in [0, 0.1) is 0 Å². The van der Waals surface area contributed by atoms with Crippen LogP contribution in [-0.4, -0.2) is 0 Å². The molecule has 0 bridgehead atoms. The molecule has 0 aromatic heterocycles. The Morgan fingerprint density at radius 2 is 1.55 bits per heavy atom. The van der Waals surface area contributed by atoms with Crippen molar-refractivity contribution in [3.8, 4) is 5.75 Å². The molecule has 0 aliphatic rings. The van der Waals surface area contributed by atoms with Gasteiger partial charge >= 0.3 is 51.4 Å². The van der Waals surface area contributed by atoms with Crippen molar-refractivity contribution in [3.05, 3.63) is 26.1 Å². The van der Waals surface area contributed by atoms with E-state index in [4.69, 9.17) is 11.6 Å². The Balaban J connectivity index is 0.000001000. The standard InChI is InChI=1S/C6H3Br2ClO.K/c7-4-1-3(9)2-5(8)6(4)10;/h1-2,10H;/q;+1/p-1. The third-order valence-corrected chi connectivity index (χ3v) is 2.36. The molecular formula is C6H2Br2ClKO. The van der Waals surface area contributed by atoms with E-state index in [1.165, 1.54) is 0 Å². The molecule has 0 unspecified atom stereocenters. The number of hydrogen-bond acceptors (Lipinski definition) is 1. The van der Waals surface area contributed by atoms with E-state index >= 15 is 0 Å². The monoisotopic (exact) mass is 322 g/mol. The van der Waals surface area contributed by atoms with E-state index in [2.05, 4.69) is 31.9 Å². The van der Waals surface area contributed by atoms with Gasteiger partial charge in [0.1, 0.15) is 0 Å². The van der Waals surface area contributed by atoms with Crippen LogP contribution in [0.4, 0.5) is 0 Å². The molecule has 0 aliphatic carbocycles. The van der Waals surface area contributed by atoms with Gasteiger partial charge in [0.05, 0.1) is 0 Å². The molecule has 0 heterocycles. The molecule has 54 valence electrons.